The molecular weight excluding hydrogens is 306 g/mol. The van der Waals surface area contributed by atoms with Gasteiger partial charge in [-0.3, -0.25) is 4.79 Å². The monoisotopic (exact) mass is 329 g/mol. The summed E-state index contributed by atoms with van der Waals surface area (Å²) in [5.74, 6) is 1.66. The minimum absolute atomic E-state index is 0.107. The van der Waals surface area contributed by atoms with E-state index in [1.807, 2.05) is 31.2 Å². The van der Waals surface area contributed by atoms with Gasteiger partial charge in [0.05, 0.1) is 18.8 Å². The first-order valence-corrected chi connectivity index (χ1v) is 8.56. The van der Waals surface area contributed by atoms with Crippen LogP contribution >= 0.6 is 0 Å². The summed E-state index contributed by atoms with van der Waals surface area (Å²) in [5.41, 5.74) is 0.838. The molecule has 0 aliphatic heterocycles. The minimum atomic E-state index is 0.107. The van der Waals surface area contributed by atoms with Gasteiger partial charge in [-0.2, -0.15) is 4.68 Å². The van der Waals surface area contributed by atoms with Crippen LogP contribution in [-0.4, -0.2) is 32.7 Å². The van der Waals surface area contributed by atoms with E-state index in [2.05, 4.69) is 20.8 Å². The normalized spacial score (nSPS) is 15.2. The Morgan fingerprint density at radius 1 is 1.25 bits per heavy atom. The largest absolute Gasteiger partial charge is 0.494 e. The van der Waals surface area contributed by atoms with E-state index in [4.69, 9.17) is 4.74 Å². The first kappa shape index (κ1) is 16.4. The zero-order chi connectivity index (χ0) is 16.8. The molecule has 1 aromatic carbocycles. The maximum atomic E-state index is 12.3. The van der Waals surface area contributed by atoms with Gasteiger partial charge < -0.3 is 10.1 Å². The third-order valence-electron chi connectivity index (χ3n) is 4.32. The Hall–Kier alpha value is -2.44. The molecule has 1 fully saturated rings. The maximum Gasteiger partial charge on any atom is 0.223 e. The van der Waals surface area contributed by atoms with Crippen molar-refractivity contribution >= 4 is 5.91 Å². The third kappa shape index (κ3) is 3.90. The van der Waals surface area contributed by atoms with Gasteiger partial charge >= 0.3 is 0 Å². The second kappa shape index (κ2) is 7.90. The number of rotatable bonds is 6. The van der Waals surface area contributed by atoms with Crippen molar-refractivity contribution in [3.63, 3.8) is 0 Å². The van der Waals surface area contributed by atoms with Gasteiger partial charge in [-0.05, 0) is 54.5 Å². The molecule has 7 nitrogen and oxygen atoms in total. The van der Waals surface area contributed by atoms with E-state index >= 15 is 0 Å². The second-order valence-corrected chi connectivity index (χ2v) is 5.99. The molecular formula is C17H23N5O2. The van der Waals surface area contributed by atoms with E-state index in [9.17, 15) is 4.79 Å². The highest BCUT2D eigenvalue weighted by atomic mass is 16.5. The molecule has 1 aromatic heterocycles. The maximum absolute atomic E-state index is 12.3. The molecule has 0 unspecified atom stereocenters. The standard InChI is InChI=1S/C17H23N5O2/c1-2-24-15-10-8-14(9-11-15)22-16(19-20-21-22)12-18-17(23)13-6-4-3-5-7-13/h8-11,13H,2-7,12H2,1H3,(H,18,23). The average molecular weight is 329 g/mol. The summed E-state index contributed by atoms with van der Waals surface area (Å²) in [5, 5.41) is 14.7. The van der Waals surface area contributed by atoms with E-state index in [1.165, 1.54) is 6.42 Å². The van der Waals surface area contributed by atoms with Crippen molar-refractivity contribution in [1.82, 2.24) is 25.5 Å². The number of nitrogens with zero attached hydrogens (tertiary/aromatic N) is 4. The molecule has 0 bridgehead atoms. The van der Waals surface area contributed by atoms with Crippen LogP contribution in [0.15, 0.2) is 24.3 Å². The highest BCUT2D eigenvalue weighted by Gasteiger charge is 2.21. The first-order valence-electron chi connectivity index (χ1n) is 8.56. The lowest BCUT2D eigenvalue weighted by atomic mass is 9.89. The predicted molar refractivity (Wildman–Crippen MR) is 88.7 cm³/mol. The molecule has 2 aromatic rings. The lowest BCUT2D eigenvalue weighted by molar-refractivity contribution is -0.126. The Morgan fingerprint density at radius 3 is 2.71 bits per heavy atom. The molecule has 0 saturated heterocycles. The van der Waals surface area contributed by atoms with Gasteiger partial charge in [-0.15, -0.1) is 5.10 Å². The Kier molecular flexibility index (Phi) is 5.40. The number of carbonyl (C=O) groups is 1. The van der Waals surface area contributed by atoms with E-state index in [0.29, 0.717) is 19.0 Å². The molecule has 1 aliphatic carbocycles. The summed E-state index contributed by atoms with van der Waals surface area (Å²) in [6.07, 6.45) is 5.48. The Labute approximate surface area is 141 Å². The topological polar surface area (TPSA) is 81.9 Å². The molecule has 1 N–H and O–H groups in total. The molecule has 1 saturated carbocycles. The zero-order valence-electron chi connectivity index (χ0n) is 13.9. The highest BCUT2D eigenvalue weighted by molar-refractivity contribution is 5.78. The smallest absolute Gasteiger partial charge is 0.223 e. The van der Waals surface area contributed by atoms with Gasteiger partial charge in [0, 0.05) is 5.92 Å². The first-order chi connectivity index (χ1) is 11.8. The summed E-state index contributed by atoms with van der Waals surface area (Å²) < 4.78 is 7.07. The molecule has 24 heavy (non-hydrogen) atoms. The van der Waals surface area contributed by atoms with E-state index < -0.39 is 0 Å². The van der Waals surface area contributed by atoms with Crippen LogP contribution in [0, 0.1) is 5.92 Å². The lowest BCUT2D eigenvalue weighted by Crippen LogP contribution is -2.32. The Morgan fingerprint density at radius 2 is 2.00 bits per heavy atom. The fourth-order valence-corrected chi connectivity index (χ4v) is 3.04. The van der Waals surface area contributed by atoms with Crippen molar-refractivity contribution in [3.8, 4) is 11.4 Å². The van der Waals surface area contributed by atoms with Crippen LogP contribution in [0.25, 0.3) is 5.69 Å². The SMILES string of the molecule is CCOc1ccc(-n2nnnc2CNC(=O)C2CCCCC2)cc1. The Balaban J connectivity index is 1.63. The van der Waals surface area contributed by atoms with Crippen molar-refractivity contribution in [1.29, 1.82) is 0 Å². The lowest BCUT2D eigenvalue weighted by Gasteiger charge is -2.20. The van der Waals surface area contributed by atoms with E-state index in [1.54, 1.807) is 4.68 Å². The third-order valence-corrected chi connectivity index (χ3v) is 4.32. The minimum Gasteiger partial charge on any atom is -0.494 e. The summed E-state index contributed by atoms with van der Waals surface area (Å²) >= 11 is 0. The van der Waals surface area contributed by atoms with Gasteiger partial charge in [0.1, 0.15) is 5.75 Å². The molecule has 3 rings (SSSR count). The van der Waals surface area contributed by atoms with Crippen LogP contribution < -0.4 is 10.1 Å². The van der Waals surface area contributed by atoms with Crippen LogP contribution in [0.5, 0.6) is 5.75 Å². The molecule has 1 heterocycles. The van der Waals surface area contributed by atoms with Crippen LogP contribution in [0.4, 0.5) is 0 Å². The number of hydrogen-bond acceptors (Lipinski definition) is 5. The zero-order valence-corrected chi connectivity index (χ0v) is 13.9. The molecule has 128 valence electrons. The van der Waals surface area contributed by atoms with Crippen molar-refractivity contribution < 1.29 is 9.53 Å². The number of carbonyl (C=O) groups excluding carboxylic acids is 1. The molecule has 0 atom stereocenters. The van der Waals surface area contributed by atoms with Crippen molar-refractivity contribution in [3.05, 3.63) is 30.1 Å². The Bertz CT molecular complexity index is 662. The van der Waals surface area contributed by atoms with Gasteiger partial charge in [0.15, 0.2) is 5.82 Å². The molecule has 1 aliphatic rings. The average Bonchev–Trinajstić information content (AvgIpc) is 3.10. The number of aromatic nitrogens is 4. The van der Waals surface area contributed by atoms with E-state index in [0.717, 1.165) is 37.1 Å². The van der Waals surface area contributed by atoms with Crippen LogP contribution in [0.3, 0.4) is 0 Å². The number of hydrogen-bond donors (Lipinski definition) is 1. The number of amides is 1. The fourth-order valence-electron chi connectivity index (χ4n) is 3.04. The van der Waals surface area contributed by atoms with Crippen LogP contribution in [0.2, 0.25) is 0 Å². The van der Waals surface area contributed by atoms with Gasteiger partial charge in [-0.1, -0.05) is 19.3 Å². The number of nitrogens with one attached hydrogen (secondary N) is 1. The van der Waals surface area contributed by atoms with Crippen LogP contribution in [0.1, 0.15) is 44.9 Å². The van der Waals surface area contributed by atoms with Crippen molar-refractivity contribution in [2.45, 2.75) is 45.6 Å². The fraction of sp³-hybridized carbons (Fsp3) is 0.529. The predicted octanol–water partition coefficient (Wildman–Crippen LogP) is 2.26. The van der Waals surface area contributed by atoms with Gasteiger partial charge in [0.25, 0.3) is 0 Å². The van der Waals surface area contributed by atoms with Gasteiger partial charge in [-0.25, -0.2) is 0 Å². The number of tetrazole rings is 1. The summed E-state index contributed by atoms with van der Waals surface area (Å²) in [7, 11) is 0. The summed E-state index contributed by atoms with van der Waals surface area (Å²) in [6.45, 7) is 2.90. The van der Waals surface area contributed by atoms with E-state index in [-0.39, 0.29) is 11.8 Å². The van der Waals surface area contributed by atoms with Crippen LogP contribution in [-0.2, 0) is 11.3 Å². The molecule has 7 heteroatoms. The second-order valence-electron chi connectivity index (χ2n) is 5.99. The van der Waals surface area contributed by atoms with Crippen molar-refractivity contribution in [2.24, 2.45) is 5.92 Å². The molecule has 0 radical (unpaired) electrons. The number of benzene rings is 1. The van der Waals surface area contributed by atoms with Crippen molar-refractivity contribution in [2.75, 3.05) is 6.61 Å². The molecule has 0 spiro atoms. The quantitative estimate of drug-likeness (QED) is 0.879. The highest BCUT2D eigenvalue weighted by Crippen LogP contribution is 2.23. The van der Waals surface area contributed by atoms with Gasteiger partial charge in [0.2, 0.25) is 5.91 Å². The number of ether oxygens (including phenoxy) is 1. The molecule has 1 amide bonds. The summed E-state index contributed by atoms with van der Waals surface area (Å²) in [4.78, 5) is 12.3. The summed E-state index contributed by atoms with van der Waals surface area (Å²) in [6, 6.07) is 7.55.